The minimum absolute atomic E-state index is 0.0799. The van der Waals surface area contributed by atoms with Crippen molar-refractivity contribution in [2.45, 2.75) is 37.7 Å². The van der Waals surface area contributed by atoms with Gasteiger partial charge < -0.3 is 10.5 Å². The highest BCUT2D eigenvalue weighted by atomic mass is 32.2. The average molecular weight is 316 g/mol. The van der Waals surface area contributed by atoms with Crippen molar-refractivity contribution in [3.05, 3.63) is 23.5 Å². The number of nitrogen functional groups attached to an aromatic ring is 1. The SMILES string of the molecule is CCOC1CCN(S(=O)(=O)c2cc(N)c(F)cc2C)CC1. The molecule has 1 aliphatic heterocycles. The summed E-state index contributed by atoms with van der Waals surface area (Å²) in [7, 11) is -3.64. The normalized spacial score (nSPS) is 18.0. The Morgan fingerprint density at radius 3 is 2.57 bits per heavy atom. The number of anilines is 1. The van der Waals surface area contributed by atoms with Crippen LogP contribution in [0.15, 0.2) is 17.0 Å². The molecule has 5 nitrogen and oxygen atoms in total. The fraction of sp³-hybridized carbons (Fsp3) is 0.571. The number of benzene rings is 1. The molecule has 1 aromatic carbocycles. The van der Waals surface area contributed by atoms with E-state index >= 15 is 0 Å². The molecule has 0 amide bonds. The van der Waals surface area contributed by atoms with Gasteiger partial charge in [-0.25, -0.2) is 12.8 Å². The monoisotopic (exact) mass is 316 g/mol. The lowest BCUT2D eigenvalue weighted by atomic mass is 10.1. The predicted octanol–water partition coefficient (Wildman–Crippen LogP) is 1.91. The molecule has 0 bridgehead atoms. The zero-order valence-corrected chi connectivity index (χ0v) is 13.1. The summed E-state index contributed by atoms with van der Waals surface area (Å²) in [5.41, 5.74) is 5.72. The summed E-state index contributed by atoms with van der Waals surface area (Å²) in [6.07, 6.45) is 1.45. The van der Waals surface area contributed by atoms with Crippen LogP contribution in [-0.2, 0) is 14.8 Å². The van der Waals surface area contributed by atoms with Crippen LogP contribution in [0, 0.1) is 12.7 Å². The van der Waals surface area contributed by atoms with Gasteiger partial charge in [-0.05, 0) is 44.4 Å². The molecule has 0 radical (unpaired) electrons. The number of aryl methyl sites for hydroxylation is 1. The second-order valence-electron chi connectivity index (χ2n) is 5.20. The first-order valence-electron chi connectivity index (χ1n) is 7.03. The standard InChI is InChI=1S/C14H21FN2O3S/c1-3-20-11-4-6-17(7-5-11)21(18,19)14-9-13(16)12(15)8-10(14)2/h8-9,11H,3-7,16H2,1-2H3. The van der Waals surface area contributed by atoms with E-state index in [1.54, 1.807) is 6.92 Å². The lowest BCUT2D eigenvalue weighted by Gasteiger charge is -2.31. The van der Waals surface area contributed by atoms with Crippen molar-refractivity contribution < 1.29 is 17.5 Å². The number of halogens is 1. The minimum Gasteiger partial charge on any atom is -0.396 e. The van der Waals surface area contributed by atoms with Gasteiger partial charge in [0.15, 0.2) is 0 Å². The zero-order chi connectivity index (χ0) is 15.6. The van der Waals surface area contributed by atoms with Crippen molar-refractivity contribution >= 4 is 15.7 Å². The molecule has 7 heteroatoms. The number of piperidine rings is 1. The maximum atomic E-state index is 13.4. The van der Waals surface area contributed by atoms with Gasteiger partial charge >= 0.3 is 0 Å². The smallest absolute Gasteiger partial charge is 0.243 e. The van der Waals surface area contributed by atoms with Gasteiger partial charge in [0.2, 0.25) is 10.0 Å². The van der Waals surface area contributed by atoms with E-state index in [9.17, 15) is 12.8 Å². The summed E-state index contributed by atoms with van der Waals surface area (Å²) in [6, 6.07) is 2.36. The third-order valence-electron chi connectivity index (χ3n) is 3.72. The molecule has 0 aliphatic carbocycles. The Bertz CT molecular complexity index is 611. The highest BCUT2D eigenvalue weighted by molar-refractivity contribution is 7.89. The molecule has 0 aromatic heterocycles. The largest absolute Gasteiger partial charge is 0.396 e. The van der Waals surface area contributed by atoms with E-state index in [0.717, 1.165) is 6.07 Å². The van der Waals surface area contributed by atoms with Crippen molar-refractivity contribution in [3.8, 4) is 0 Å². The molecule has 2 N–H and O–H groups in total. The van der Waals surface area contributed by atoms with E-state index in [1.807, 2.05) is 6.92 Å². The number of nitrogens with two attached hydrogens (primary N) is 1. The first kappa shape index (κ1) is 16.2. The number of hydrogen-bond donors (Lipinski definition) is 1. The van der Waals surface area contributed by atoms with E-state index in [1.165, 1.54) is 10.4 Å². The van der Waals surface area contributed by atoms with Crippen LogP contribution in [0.4, 0.5) is 10.1 Å². The summed E-state index contributed by atoms with van der Waals surface area (Å²) < 4.78 is 45.6. The maximum Gasteiger partial charge on any atom is 0.243 e. The van der Waals surface area contributed by atoms with Crippen LogP contribution in [-0.4, -0.2) is 38.5 Å². The van der Waals surface area contributed by atoms with Gasteiger partial charge in [0.25, 0.3) is 0 Å². The minimum atomic E-state index is -3.64. The molecule has 0 unspecified atom stereocenters. The molecule has 1 aromatic rings. The number of nitrogens with zero attached hydrogens (tertiary/aromatic N) is 1. The van der Waals surface area contributed by atoms with Gasteiger partial charge in [-0.1, -0.05) is 0 Å². The third-order valence-corrected chi connectivity index (χ3v) is 5.76. The van der Waals surface area contributed by atoms with Crippen LogP contribution in [0.2, 0.25) is 0 Å². The molecule has 118 valence electrons. The van der Waals surface area contributed by atoms with Gasteiger partial charge in [0, 0.05) is 19.7 Å². The third kappa shape index (κ3) is 3.36. The van der Waals surface area contributed by atoms with Crippen LogP contribution in [0.3, 0.4) is 0 Å². The molecule has 0 spiro atoms. The first-order chi connectivity index (χ1) is 9.86. The van der Waals surface area contributed by atoms with Crippen molar-refractivity contribution in [2.75, 3.05) is 25.4 Å². The molecule has 0 atom stereocenters. The van der Waals surface area contributed by atoms with Crippen molar-refractivity contribution in [3.63, 3.8) is 0 Å². The Hall–Kier alpha value is -1.18. The number of rotatable bonds is 4. The lowest BCUT2D eigenvalue weighted by molar-refractivity contribution is 0.0290. The van der Waals surface area contributed by atoms with E-state index in [0.29, 0.717) is 38.1 Å². The Morgan fingerprint density at radius 1 is 1.38 bits per heavy atom. The fourth-order valence-electron chi connectivity index (χ4n) is 2.56. The first-order valence-corrected chi connectivity index (χ1v) is 8.47. The van der Waals surface area contributed by atoms with E-state index in [2.05, 4.69) is 0 Å². The zero-order valence-electron chi connectivity index (χ0n) is 12.3. The van der Waals surface area contributed by atoms with E-state index < -0.39 is 15.8 Å². The Balaban J connectivity index is 2.22. The summed E-state index contributed by atoms with van der Waals surface area (Å²) in [5.74, 6) is -0.596. The Labute approximate surface area is 124 Å². The molecule has 21 heavy (non-hydrogen) atoms. The van der Waals surface area contributed by atoms with Gasteiger partial charge in [-0.15, -0.1) is 0 Å². The molecule has 1 saturated heterocycles. The van der Waals surface area contributed by atoms with Crippen LogP contribution < -0.4 is 5.73 Å². The van der Waals surface area contributed by atoms with Gasteiger partial charge in [-0.3, -0.25) is 0 Å². The molecule has 1 heterocycles. The number of sulfonamides is 1. The van der Waals surface area contributed by atoms with Crippen LogP contribution in [0.1, 0.15) is 25.3 Å². The van der Waals surface area contributed by atoms with Gasteiger partial charge in [0.05, 0.1) is 16.7 Å². The topological polar surface area (TPSA) is 72.6 Å². The van der Waals surface area contributed by atoms with Gasteiger partial charge in [-0.2, -0.15) is 4.31 Å². The molecular weight excluding hydrogens is 295 g/mol. The predicted molar refractivity (Wildman–Crippen MR) is 79.0 cm³/mol. The quantitative estimate of drug-likeness (QED) is 0.861. The summed E-state index contributed by atoms with van der Waals surface area (Å²) in [6.45, 7) is 4.94. The Kier molecular flexibility index (Phi) is 4.85. The molecule has 2 rings (SSSR count). The van der Waals surface area contributed by atoms with Crippen LogP contribution >= 0.6 is 0 Å². The lowest BCUT2D eigenvalue weighted by Crippen LogP contribution is -2.41. The highest BCUT2D eigenvalue weighted by Crippen LogP contribution is 2.27. The molecule has 0 saturated carbocycles. The van der Waals surface area contributed by atoms with Crippen LogP contribution in [0.25, 0.3) is 0 Å². The van der Waals surface area contributed by atoms with Crippen LogP contribution in [0.5, 0.6) is 0 Å². The summed E-state index contributed by atoms with van der Waals surface area (Å²) in [4.78, 5) is 0.0799. The van der Waals surface area contributed by atoms with Crippen molar-refractivity contribution in [1.82, 2.24) is 4.31 Å². The van der Waals surface area contributed by atoms with Crippen molar-refractivity contribution in [1.29, 1.82) is 0 Å². The fourth-order valence-corrected chi connectivity index (χ4v) is 4.27. The number of hydrogen-bond acceptors (Lipinski definition) is 4. The number of ether oxygens (including phenoxy) is 1. The summed E-state index contributed by atoms with van der Waals surface area (Å²) >= 11 is 0. The Morgan fingerprint density at radius 2 is 2.00 bits per heavy atom. The second-order valence-corrected chi connectivity index (χ2v) is 7.10. The van der Waals surface area contributed by atoms with Crippen molar-refractivity contribution in [2.24, 2.45) is 0 Å². The van der Waals surface area contributed by atoms with E-state index in [4.69, 9.17) is 10.5 Å². The van der Waals surface area contributed by atoms with E-state index in [-0.39, 0.29) is 16.7 Å². The summed E-state index contributed by atoms with van der Waals surface area (Å²) in [5, 5.41) is 0. The highest BCUT2D eigenvalue weighted by Gasteiger charge is 2.31. The van der Waals surface area contributed by atoms with Gasteiger partial charge in [0.1, 0.15) is 5.82 Å². The molecule has 1 aliphatic rings. The maximum absolute atomic E-state index is 13.4. The average Bonchev–Trinajstić information content (AvgIpc) is 2.43. The molecule has 1 fully saturated rings. The second kappa shape index (κ2) is 6.29. The molecular formula is C14H21FN2O3S.